The van der Waals surface area contributed by atoms with Crippen LogP contribution in [0.2, 0.25) is 0 Å². The van der Waals surface area contributed by atoms with E-state index in [2.05, 4.69) is 9.89 Å². The van der Waals surface area contributed by atoms with Crippen LogP contribution in [-0.4, -0.2) is 44.0 Å². The topological polar surface area (TPSA) is 45.1 Å². The molecule has 3 aromatic rings. The van der Waals surface area contributed by atoms with Crippen molar-refractivity contribution in [2.75, 3.05) is 36.1 Å². The molecule has 1 atom stereocenters. The number of aliphatic imine (C=N–C) groups is 1. The Morgan fingerprint density at radius 3 is 2.32 bits per heavy atom. The van der Waals surface area contributed by atoms with Crippen LogP contribution in [0.5, 0.6) is 0 Å². The molecule has 1 amide bonds. The SMILES string of the molecule is C[C@H]1CC(=Nc2ccc(F)cc2)c2cc(F)ccc2N1C(=O)c1ccc(N2CCOCC2)cc1. The summed E-state index contributed by atoms with van der Waals surface area (Å²) in [6.45, 7) is 4.99. The minimum atomic E-state index is -0.401. The first kappa shape index (κ1) is 22.2. The van der Waals surface area contributed by atoms with Gasteiger partial charge in [0.2, 0.25) is 0 Å². The lowest BCUT2D eigenvalue weighted by Gasteiger charge is -2.36. The third kappa shape index (κ3) is 4.43. The zero-order valence-electron chi connectivity index (χ0n) is 18.9. The first-order valence-electron chi connectivity index (χ1n) is 11.4. The number of carbonyl (C=O) groups is 1. The van der Waals surface area contributed by atoms with Crippen LogP contribution in [0.15, 0.2) is 71.7 Å². The van der Waals surface area contributed by atoms with Gasteiger partial charge in [0.05, 0.1) is 30.3 Å². The van der Waals surface area contributed by atoms with Gasteiger partial charge in [-0.25, -0.2) is 8.78 Å². The Morgan fingerprint density at radius 2 is 1.62 bits per heavy atom. The van der Waals surface area contributed by atoms with Crippen molar-refractivity contribution in [3.8, 4) is 0 Å². The van der Waals surface area contributed by atoms with Crippen LogP contribution in [0.25, 0.3) is 0 Å². The molecule has 0 saturated carbocycles. The maximum atomic E-state index is 14.2. The van der Waals surface area contributed by atoms with Crippen molar-refractivity contribution >= 4 is 28.7 Å². The Bertz CT molecular complexity index is 1220. The summed E-state index contributed by atoms with van der Waals surface area (Å²) in [4.78, 5) is 22.2. The van der Waals surface area contributed by atoms with Gasteiger partial charge in [-0.3, -0.25) is 9.79 Å². The van der Waals surface area contributed by atoms with Gasteiger partial charge in [-0.2, -0.15) is 0 Å². The number of morpholine rings is 1. The highest BCUT2D eigenvalue weighted by Gasteiger charge is 2.32. The Hall–Kier alpha value is -3.58. The average molecular weight is 462 g/mol. The lowest BCUT2D eigenvalue weighted by Crippen LogP contribution is -2.44. The van der Waals surface area contributed by atoms with Gasteiger partial charge >= 0.3 is 0 Å². The third-order valence-corrected chi connectivity index (χ3v) is 6.26. The zero-order valence-corrected chi connectivity index (χ0v) is 18.9. The van der Waals surface area contributed by atoms with E-state index in [0.29, 0.717) is 47.8 Å². The maximum absolute atomic E-state index is 14.2. The number of hydrogen-bond donors (Lipinski definition) is 0. The maximum Gasteiger partial charge on any atom is 0.258 e. The van der Waals surface area contributed by atoms with Crippen LogP contribution in [0.1, 0.15) is 29.3 Å². The molecule has 5 rings (SSSR count). The summed E-state index contributed by atoms with van der Waals surface area (Å²) in [5.74, 6) is -0.888. The van der Waals surface area contributed by atoms with Crippen LogP contribution in [0.3, 0.4) is 0 Å². The van der Waals surface area contributed by atoms with Crippen molar-refractivity contribution in [2.24, 2.45) is 4.99 Å². The largest absolute Gasteiger partial charge is 0.378 e. The molecule has 0 bridgehead atoms. The lowest BCUT2D eigenvalue weighted by atomic mass is 9.93. The molecule has 3 aromatic carbocycles. The minimum absolute atomic E-state index is 0.144. The molecule has 0 unspecified atom stereocenters. The molecule has 2 aliphatic rings. The molecule has 7 heteroatoms. The molecule has 0 spiro atoms. The second-order valence-corrected chi connectivity index (χ2v) is 8.57. The molecule has 0 N–H and O–H groups in total. The number of amides is 1. The van der Waals surface area contributed by atoms with Gasteiger partial charge in [0.15, 0.2) is 0 Å². The van der Waals surface area contributed by atoms with Gasteiger partial charge in [0.1, 0.15) is 11.6 Å². The van der Waals surface area contributed by atoms with E-state index in [1.54, 1.807) is 23.1 Å². The Balaban J connectivity index is 1.46. The third-order valence-electron chi connectivity index (χ3n) is 6.26. The van der Waals surface area contributed by atoms with Gasteiger partial charge in [0.25, 0.3) is 5.91 Å². The number of nitrogens with zero attached hydrogens (tertiary/aromatic N) is 3. The number of carbonyl (C=O) groups excluding carboxylic acids is 1. The summed E-state index contributed by atoms with van der Waals surface area (Å²) >= 11 is 0. The van der Waals surface area contributed by atoms with Crippen molar-refractivity contribution in [1.29, 1.82) is 0 Å². The Kier molecular flexibility index (Phi) is 6.11. The van der Waals surface area contributed by atoms with Crippen LogP contribution in [-0.2, 0) is 4.74 Å². The second kappa shape index (κ2) is 9.35. The van der Waals surface area contributed by atoms with E-state index in [1.807, 2.05) is 31.2 Å². The van der Waals surface area contributed by atoms with Crippen molar-refractivity contribution in [2.45, 2.75) is 19.4 Å². The Labute approximate surface area is 197 Å². The first-order valence-corrected chi connectivity index (χ1v) is 11.4. The fourth-order valence-electron chi connectivity index (χ4n) is 4.53. The minimum Gasteiger partial charge on any atom is -0.378 e. The molecule has 34 heavy (non-hydrogen) atoms. The van der Waals surface area contributed by atoms with E-state index in [9.17, 15) is 13.6 Å². The number of benzene rings is 3. The van der Waals surface area contributed by atoms with Crippen molar-refractivity contribution in [3.63, 3.8) is 0 Å². The molecule has 2 aliphatic heterocycles. The quantitative estimate of drug-likeness (QED) is 0.528. The second-order valence-electron chi connectivity index (χ2n) is 8.57. The van der Waals surface area contributed by atoms with Gasteiger partial charge in [-0.1, -0.05) is 0 Å². The molecule has 1 saturated heterocycles. The molecule has 0 aliphatic carbocycles. The summed E-state index contributed by atoms with van der Waals surface area (Å²) in [5.41, 5.74) is 4.06. The van der Waals surface area contributed by atoms with Gasteiger partial charge < -0.3 is 14.5 Å². The van der Waals surface area contributed by atoms with E-state index in [1.165, 1.54) is 24.3 Å². The fourth-order valence-corrected chi connectivity index (χ4v) is 4.53. The smallest absolute Gasteiger partial charge is 0.258 e. The van der Waals surface area contributed by atoms with Crippen LogP contribution in [0, 0.1) is 11.6 Å². The van der Waals surface area contributed by atoms with Crippen LogP contribution < -0.4 is 9.80 Å². The molecule has 174 valence electrons. The normalized spacial score (nSPS) is 19.3. The molecule has 0 aromatic heterocycles. The summed E-state index contributed by atoms with van der Waals surface area (Å²) < 4.78 is 32.9. The highest BCUT2D eigenvalue weighted by molar-refractivity contribution is 6.16. The van der Waals surface area contributed by atoms with Crippen molar-refractivity contribution < 1.29 is 18.3 Å². The van der Waals surface area contributed by atoms with Gasteiger partial charge in [-0.15, -0.1) is 0 Å². The summed E-state index contributed by atoms with van der Waals surface area (Å²) in [6.07, 6.45) is 0.450. The highest BCUT2D eigenvalue weighted by atomic mass is 19.1. The van der Waals surface area contributed by atoms with Crippen LogP contribution in [0.4, 0.5) is 25.8 Å². The molecule has 2 heterocycles. The van der Waals surface area contributed by atoms with E-state index in [4.69, 9.17) is 4.74 Å². The van der Waals surface area contributed by atoms with Gasteiger partial charge in [0, 0.05) is 42.4 Å². The number of halogens is 2. The zero-order chi connectivity index (χ0) is 23.7. The van der Waals surface area contributed by atoms with E-state index >= 15 is 0 Å². The summed E-state index contributed by atoms with van der Waals surface area (Å²) in [6, 6.07) is 17.6. The summed E-state index contributed by atoms with van der Waals surface area (Å²) in [5, 5.41) is 0. The van der Waals surface area contributed by atoms with E-state index in [-0.39, 0.29) is 17.8 Å². The number of hydrogen-bond acceptors (Lipinski definition) is 4. The van der Waals surface area contributed by atoms with Gasteiger partial charge in [-0.05, 0) is 73.7 Å². The molecular weight excluding hydrogens is 436 g/mol. The Morgan fingerprint density at radius 1 is 0.941 bits per heavy atom. The monoisotopic (exact) mass is 461 g/mol. The standard InChI is InChI=1S/C27H25F2N3O2/c1-18-16-25(30-22-7-4-20(28)5-8-22)24-17-21(29)6-11-26(24)32(18)27(33)19-2-9-23(10-3-19)31-12-14-34-15-13-31/h2-11,17-18H,12-16H2,1H3/t18-/m0/s1. The first-order chi connectivity index (χ1) is 16.5. The van der Waals surface area contributed by atoms with Crippen molar-refractivity contribution in [3.05, 3.63) is 89.5 Å². The molecule has 0 radical (unpaired) electrons. The predicted molar refractivity (Wildman–Crippen MR) is 129 cm³/mol. The number of rotatable bonds is 3. The van der Waals surface area contributed by atoms with E-state index in [0.717, 1.165) is 18.8 Å². The molecule has 5 nitrogen and oxygen atoms in total. The molecule has 1 fully saturated rings. The fraction of sp³-hybridized carbons (Fsp3) is 0.259. The number of ether oxygens (including phenoxy) is 1. The lowest BCUT2D eigenvalue weighted by molar-refractivity contribution is 0.0978. The number of anilines is 2. The number of fused-ring (bicyclic) bond motifs is 1. The molecular formula is C27H25F2N3O2. The highest BCUT2D eigenvalue weighted by Crippen LogP contribution is 2.34. The van der Waals surface area contributed by atoms with Crippen molar-refractivity contribution in [1.82, 2.24) is 0 Å². The van der Waals surface area contributed by atoms with Crippen LogP contribution >= 0.6 is 0 Å². The average Bonchev–Trinajstić information content (AvgIpc) is 2.86. The van der Waals surface area contributed by atoms with E-state index < -0.39 is 5.82 Å². The predicted octanol–water partition coefficient (Wildman–Crippen LogP) is 5.36. The summed E-state index contributed by atoms with van der Waals surface area (Å²) in [7, 11) is 0.